The van der Waals surface area contributed by atoms with Crippen LogP contribution in [0.3, 0.4) is 0 Å². The summed E-state index contributed by atoms with van der Waals surface area (Å²) in [4.78, 5) is 21.0. The van der Waals surface area contributed by atoms with Crippen LogP contribution in [0.4, 0.5) is 0 Å². The number of rotatable bonds is 2. The standard InChI is InChI=1S/C7H12O2.C6H10O2.Fe/c1-9-7(8)6-4-2-3-5-6;7-6(8)5-3-1-2-4-5;/h6H,2-5H2,1H3;5H,1-4H2,(H,7,8);. The van der Waals surface area contributed by atoms with Crippen LogP contribution in [-0.2, 0) is 31.4 Å². The van der Waals surface area contributed by atoms with E-state index in [1.807, 2.05) is 0 Å². The molecular weight excluding hydrogens is 276 g/mol. The number of hydrogen-bond donors (Lipinski definition) is 1. The van der Waals surface area contributed by atoms with E-state index in [2.05, 4.69) is 4.74 Å². The molecule has 0 aromatic carbocycles. The number of carboxylic acid groups (broad SMARTS) is 1. The van der Waals surface area contributed by atoms with Crippen LogP contribution < -0.4 is 0 Å². The first-order valence-electron chi connectivity index (χ1n) is 6.45. The van der Waals surface area contributed by atoms with Crippen LogP contribution in [0.2, 0.25) is 0 Å². The van der Waals surface area contributed by atoms with E-state index >= 15 is 0 Å². The fraction of sp³-hybridized carbons (Fsp3) is 0.846. The van der Waals surface area contributed by atoms with Crippen molar-refractivity contribution in [2.75, 3.05) is 7.11 Å². The first kappa shape index (κ1) is 17.5. The van der Waals surface area contributed by atoms with Gasteiger partial charge in [0, 0.05) is 17.1 Å². The van der Waals surface area contributed by atoms with Crippen LogP contribution in [0.25, 0.3) is 0 Å². The van der Waals surface area contributed by atoms with Gasteiger partial charge in [0.15, 0.2) is 0 Å². The van der Waals surface area contributed by atoms with Crippen molar-refractivity contribution in [1.29, 1.82) is 0 Å². The molecule has 0 atom stereocenters. The van der Waals surface area contributed by atoms with Gasteiger partial charge >= 0.3 is 11.9 Å². The summed E-state index contributed by atoms with van der Waals surface area (Å²) in [5, 5.41) is 8.41. The average Bonchev–Trinajstić information content (AvgIpc) is 3.01. The largest absolute Gasteiger partial charge is 0.481 e. The van der Waals surface area contributed by atoms with Crippen molar-refractivity contribution in [2.24, 2.45) is 11.8 Å². The van der Waals surface area contributed by atoms with Crippen LogP contribution in [0.15, 0.2) is 0 Å². The molecule has 0 heterocycles. The second-order valence-electron chi connectivity index (χ2n) is 4.82. The predicted molar refractivity (Wildman–Crippen MR) is 63.6 cm³/mol. The fourth-order valence-electron chi connectivity index (χ4n) is 2.50. The molecule has 2 saturated carbocycles. The fourth-order valence-corrected chi connectivity index (χ4v) is 2.50. The third-order valence-corrected chi connectivity index (χ3v) is 3.59. The molecule has 0 bridgehead atoms. The second kappa shape index (κ2) is 9.40. The topological polar surface area (TPSA) is 63.6 Å². The molecule has 2 rings (SSSR count). The molecule has 0 amide bonds. The van der Waals surface area contributed by atoms with Gasteiger partial charge in [-0.1, -0.05) is 25.7 Å². The van der Waals surface area contributed by atoms with E-state index in [0.717, 1.165) is 38.5 Å². The molecule has 2 aliphatic rings. The zero-order valence-corrected chi connectivity index (χ0v) is 11.9. The monoisotopic (exact) mass is 298 g/mol. The molecule has 0 unspecified atom stereocenters. The van der Waals surface area contributed by atoms with Crippen molar-refractivity contribution in [3.05, 3.63) is 0 Å². The molecule has 18 heavy (non-hydrogen) atoms. The maximum atomic E-state index is 10.8. The van der Waals surface area contributed by atoms with Crippen LogP contribution in [0.1, 0.15) is 51.4 Å². The number of esters is 1. The average molecular weight is 298 g/mol. The third kappa shape index (κ3) is 5.87. The van der Waals surface area contributed by atoms with Gasteiger partial charge in [-0.3, -0.25) is 9.59 Å². The molecule has 0 aliphatic heterocycles. The predicted octanol–water partition coefficient (Wildman–Crippen LogP) is 2.61. The summed E-state index contributed by atoms with van der Waals surface area (Å²) in [6.07, 6.45) is 8.47. The van der Waals surface area contributed by atoms with Crippen LogP contribution in [0, 0.1) is 11.8 Å². The van der Waals surface area contributed by atoms with Crippen molar-refractivity contribution in [3.8, 4) is 0 Å². The summed E-state index contributed by atoms with van der Waals surface area (Å²) in [5.41, 5.74) is 0. The third-order valence-electron chi connectivity index (χ3n) is 3.59. The molecular formula is C13H22FeO4. The molecule has 4 nitrogen and oxygen atoms in total. The van der Waals surface area contributed by atoms with Gasteiger partial charge in [0.1, 0.15) is 0 Å². The molecule has 0 spiro atoms. The van der Waals surface area contributed by atoms with Crippen molar-refractivity contribution < 1.29 is 36.5 Å². The van der Waals surface area contributed by atoms with E-state index < -0.39 is 5.97 Å². The number of carbonyl (C=O) groups excluding carboxylic acids is 1. The van der Waals surface area contributed by atoms with Crippen molar-refractivity contribution >= 4 is 11.9 Å². The van der Waals surface area contributed by atoms with E-state index in [-0.39, 0.29) is 34.9 Å². The summed E-state index contributed by atoms with van der Waals surface area (Å²) in [6.45, 7) is 0. The summed E-state index contributed by atoms with van der Waals surface area (Å²) >= 11 is 0. The number of ether oxygens (including phenoxy) is 1. The van der Waals surface area contributed by atoms with Gasteiger partial charge in [-0.05, 0) is 25.7 Å². The molecule has 0 saturated heterocycles. The minimum Gasteiger partial charge on any atom is -0.481 e. The quantitative estimate of drug-likeness (QED) is 0.628. The zero-order chi connectivity index (χ0) is 12.7. The smallest absolute Gasteiger partial charge is 0.308 e. The molecule has 2 aliphatic carbocycles. The molecule has 106 valence electrons. The van der Waals surface area contributed by atoms with Gasteiger partial charge in [-0.2, -0.15) is 0 Å². The summed E-state index contributed by atoms with van der Waals surface area (Å²) < 4.78 is 4.60. The van der Waals surface area contributed by atoms with E-state index in [0.29, 0.717) is 0 Å². The van der Waals surface area contributed by atoms with Crippen molar-refractivity contribution in [1.82, 2.24) is 0 Å². The number of carbonyl (C=O) groups is 2. The number of methoxy groups -OCH3 is 1. The van der Waals surface area contributed by atoms with Gasteiger partial charge in [0.2, 0.25) is 0 Å². The molecule has 0 aromatic heterocycles. The van der Waals surface area contributed by atoms with Gasteiger partial charge < -0.3 is 9.84 Å². The van der Waals surface area contributed by atoms with E-state index in [1.54, 1.807) is 0 Å². The molecule has 0 aromatic rings. The maximum Gasteiger partial charge on any atom is 0.308 e. The summed E-state index contributed by atoms with van der Waals surface area (Å²) in [5.74, 6) is -0.431. The van der Waals surface area contributed by atoms with Gasteiger partial charge in [0.25, 0.3) is 0 Å². The van der Waals surface area contributed by atoms with Gasteiger partial charge in [-0.15, -0.1) is 0 Å². The summed E-state index contributed by atoms with van der Waals surface area (Å²) in [7, 11) is 1.46. The number of carboxylic acids is 1. The van der Waals surface area contributed by atoms with E-state index in [1.165, 1.54) is 20.0 Å². The molecule has 5 heteroatoms. The number of hydrogen-bond acceptors (Lipinski definition) is 3. The Morgan fingerprint density at radius 3 is 1.61 bits per heavy atom. The van der Waals surface area contributed by atoms with Crippen LogP contribution >= 0.6 is 0 Å². The van der Waals surface area contributed by atoms with Crippen molar-refractivity contribution in [3.63, 3.8) is 0 Å². The second-order valence-corrected chi connectivity index (χ2v) is 4.82. The minimum absolute atomic E-state index is 0. The maximum absolute atomic E-state index is 10.8. The van der Waals surface area contributed by atoms with E-state index in [9.17, 15) is 9.59 Å². The Morgan fingerprint density at radius 2 is 1.33 bits per heavy atom. The Morgan fingerprint density at radius 1 is 0.944 bits per heavy atom. The molecule has 0 radical (unpaired) electrons. The SMILES string of the molecule is COC(=O)C1CCCC1.O=C(O)C1CCCC1.[Fe]. The van der Waals surface area contributed by atoms with Crippen molar-refractivity contribution in [2.45, 2.75) is 51.4 Å². The Hall–Kier alpha value is -0.541. The Balaban J connectivity index is 0.000000306. The van der Waals surface area contributed by atoms with Gasteiger partial charge in [-0.25, -0.2) is 0 Å². The number of aliphatic carboxylic acids is 1. The summed E-state index contributed by atoms with van der Waals surface area (Å²) in [6, 6.07) is 0. The zero-order valence-electron chi connectivity index (χ0n) is 10.8. The Kier molecular flexibility index (Phi) is 9.12. The van der Waals surface area contributed by atoms with E-state index in [4.69, 9.17) is 5.11 Å². The Bertz CT molecular complexity index is 256. The van der Waals surface area contributed by atoms with Gasteiger partial charge in [0.05, 0.1) is 18.9 Å². The molecule has 2 fully saturated rings. The molecule has 1 N–H and O–H groups in total. The minimum atomic E-state index is -0.609. The normalized spacial score (nSPS) is 19.6. The Labute approximate surface area is 119 Å². The first-order valence-corrected chi connectivity index (χ1v) is 6.45. The first-order chi connectivity index (χ1) is 8.15. The van der Waals surface area contributed by atoms with Crippen LogP contribution in [0.5, 0.6) is 0 Å². The van der Waals surface area contributed by atoms with Crippen LogP contribution in [-0.4, -0.2) is 24.2 Å².